The quantitative estimate of drug-likeness (QED) is 0.240. The van der Waals surface area contributed by atoms with Crippen LogP contribution in [0.5, 0.6) is 5.75 Å². The summed E-state index contributed by atoms with van der Waals surface area (Å²) >= 11 is 0. The first-order valence-electron chi connectivity index (χ1n) is 13.9. The van der Waals surface area contributed by atoms with Gasteiger partial charge in [-0.1, -0.05) is 37.5 Å². The normalized spacial score (nSPS) is 21.0. The molecule has 0 spiro atoms. The summed E-state index contributed by atoms with van der Waals surface area (Å²) in [5.41, 5.74) is 0.624. The molecule has 6 N–H and O–H groups in total. The second kappa shape index (κ2) is 10.5. The molecular formula is C30H32N6O6. The minimum Gasteiger partial charge on any atom is -0.508 e. The van der Waals surface area contributed by atoms with Gasteiger partial charge in [0.25, 0.3) is 11.8 Å². The topological polar surface area (TPSA) is 183 Å². The molecule has 6 rings (SSSR count). The first kappa shape index (κ1) is 27.8. The summed E-state index contributed by atoms with van der Waals surface area (Å²) in [5.74, 6) is -4.24. The number of nitrogens with one attached hydrogen (secondary N) is 2. The van der Waals surface area contributed by atoms with Gasteiger partial charge in [-0.15, -0.1) is 0 Å². The first-order chi connectivity index (χ1) is 20.1. The molecule has 1 unspecified atom stereocenters. The summed E-state index contributed by atoms with van der Waals surface area (Å²) in [6.07, 6.45) is 7.69. The Labute approximate surface area is 241 Å². The van der Waals surface area contributed by atoms with E-state index in [1.165, 1.54) is 52.5 Å². The van der Waals surface area contributed by atoms with Gasteiger partial charge in [0.05, 0.1) is 42.1 Å². The lowest BCUT2D eigenvalue weighted by molar-refractivity contribution is -0.324. The van der Waals surface area contributed by atoms with Gasteiger partial charge in [-0.25, -0.2) is 0 Å². The molecule has 2 amide bonds. The highest BCUT2D eigenvalue weighted by Crippen LogP contribution is 2.44. The number of phenolic OH excluding ortho intramolecular Hbond substituents is 1. The van der Waals surface area contributed by atoms with Crippen molar-refractivity contribution in [1.82, 2.24) is 25.1 Å². The molecule has 12 heteroatoms. The predicted octanol–water partition coefficient (Wildman–Crippen LogP) is 1.77. The Morgan fingerprint density at radius 2 is 1.64 bits per heavy atom. The molecule has 3 aliphatic rings. The highest BCUT2D eigenvalue weighted by molar-refractivity contribution is 6.08. The predicted molar refractivity (Wildman–Crippen MR) is 148 cm³/mol. The Bertz CT molecular complexity index is 1520. The number of hydrogen-bond donors (Lipinski definition) is 6. The molecule has 0 bridgehead atoms. The van der Waals surface area contributed by atoms with E-state index in [1.807, 2.05) is 0 Å². The minimum atomic E-state index is -3.28. The van der Waals surface area contributed by atoms with E-state index in [-0.39, 0.29) is 48.7 Å². The third kappa shape index (κ3) is 4.77. The number of carbonyl (C=O) groups excluding carboxylic acids is 2. The maximum absolute atomic E-state index is 14.3. The van der Waals surface area contributed by atoms with E-state index in [0.717, 1.165) is 32.1 Å². The van der Waals surface area contributed by atoms with Crippen LogP contribution in [0.2, 0.25) is 0 Å². The maximum atomic E-state index is 14.3. The fourth-order valence-corrected chi connectivity index (χ4v) is 6.47. The second-order valence-corrected chi connectivity index (χ2v) is 11.2. The van der Waals surface area contributed by atoms with Gasteiger partial charge < -0.3 is 30.6 Å². The van der Waals surface area contributed by atoms with E-state index in [2.05, 4.69) is 15.3 Å². The molecule has 12 nitrogen and oxygen atoms in total. The zero-order chi connectivity index (χ0) is 29.6. The average molecular weight is 573 g/mol. The lowest BCUT2D eigenvalue weighted by Crippen LogP contribution is -2.51. The van der Waals surface area contributed by atoms with E-state index < -0.39 is 23.0 Å². The molecule has 1 aliphatic carbocycles. The summed E-state index contributed by atoms with van der Waals surface area (Å²) in [7, 11) is 0. The van der Waals surface area contributed by atoms with Crippen LogP contribution in [0, 0.1) is 11.3 Å². The number of benzene rings is 2. The van der Waals surface area contributed by atoms with Crippen molar-refractivity contribution in [3.8, 4) is 5.75 Å². The highest BCUT2D eigenvalue weighted by atomic mass is 16.7. The van der Waals surface area contributed by atoms with Gasteiger partial charge in [0, 0.05) is 12.4 Å². The molecule has 1 atom stereocenters. The third-order valence-electron chi connectivity index (χ3n) is 8.55. The monoisotopic (exact) mass is 572 g/mol. The maximum Gasteiger partial charge on any atom is 0.305 e. The fraction of sp³-hybridized carbons (Fsp3) is 0.367. The second-order valence-electron chi connectivity index (χ2n) is 11.2. The summed E-state index contributed by atoms with van der Waals surface area (Å²) in [4.78, 5) is 39.1. The van der Waals surface area contributed by atoms with Crippen LogP contribution in [0.1, 0.15) is 70.5 Å². The Morgan fingerprint density at radius 1 is 1.00 bits per heavy atom. The lowest BCUT2D eigenvalue weighted by Gasteiger charge is -2.38. The molecule has 2 fully saturated rings. The Balaban J connectivity index is 1.33. The van der Waals surface area contributed by atoms with Crippen LogP contribution in [0.3, 0.4) is 0 Å². The van der Waals surface area contributed by atoms with Crippen molar-refractivity contribution in [2.24, 2.45) is 5.92 Å². The van der Waals surface area contributed by atoms with Gasteiger partial charge in [-0.05, 0) is 54.2 Å². The summed E-state index contributed by atoms with van der Waals surface area (Å²) in [5, 5.41) is 52.0. The molecule has 2 aromatic carbocycles. The van der Waals surface area contributed by atoms with Crippen molar-refractivity contribution in [2.45, 2.75) is 63.3 Å². The van der Waals surface area contributed by atoms with E-state index in [4.69, 9.17) is 5.41 Å². The van der Waals surface area contributed by atoms with Crippen LogP contribution in [0.15, 0.2) is 54.9 Å². The third-order valence-corrected chi connectivity index (χ3v) is 8.55. The average Bonchev–Trinajstić information content (AvgIpc) is 3.52. The van der Waals surface area contributed by atoms with E-state index in [9.17, 15) is 30.0 Å². The Kier molecular flexibility index (Phi) is 6.92. The standard InChI is InChI=1S/C30H32N6O6/c31-28-34-29(19-4-2-1-3-5-19,20-7-9-21(37)10-8-20)27(39)36(28)15-18-6-11-23(30(40,41)42)22(14-18)26(38)35-16-24-25(17-35)33-13-12-32-24/h6-14,19,37,40-42H,1-5,15-17H2,(H2,31,34). The van der Waals surface area contributed by atoms with E-state index in [0.29, 0.717) is 22.5 Å². The smallest absolute Gasteiger partial charge is 0.305 e. The molecule has 218 valence electrons. The summed E-state index contributed by atoms with van der Waals surface area (Å²) in [6.45, 7) is 0.254. The Hall–Kier alpha value is -4.39. The number of hydrogen-bond acceptors (Lipinski definition) is 9. The Morgan fingerprint density at radius 3 is 2.26 bits per heavy atom. The van der Waals surface area contributed by atoms with Crippen LogP contribution in [0.25, 0.3) is 0 Å². The minimum absolute atomic E-state index is 0.0639. The molecule has 1 saturated heterocycles. The number of fused-ring (bicyclic) bond motifs is 1. The largest absolute Gasteiger partial charge is 0.508 e. The van der Waals surface area contributed by atoms with Crippen LogP contribution < -0.4 is 5.32 Å². The van der Waals surface area contributed by atoms with Gasteiger partial charge in [0.2, 0.25) is 0 Å². The van der Waals surface area contributed by atoms with Crippen LogP contribution >= 0.6 is 0 Å². The molecular weight excluding hydrogens is 540 g/mol. The van der Waals surface area contributed by atoms with E-state index in [1.54, 1.807) is 12.1 Å². The number of rotatable bonds is 6. The number of carbonyl (C=O) groups is 2. The number of amides is 2. The summed E-state index contributed by atoms with van der Waals surface area (Å²) in [6, 6.07) is 10.6. The number of aliphatic hydroxyl groups is 3. The van der Waals surface area contributed by atoms with Crippen molar-refractivity contribution in [1.29, 1.82) is 5.41 Å². The van der Waals surface area contributed by atoms with Gasteiger partial charge in [0.1, 0.15) is 11.3 Å². The molecule has 3 heterocycles. The molecule has 3 aromatic rings. The van der Waals surface area contributed by atoms with E-state index >= 15 is 0 Å². The lowest BCUT2D eigenvalue weighted by atomic mass is 9.71. The van der Waals surface area contributed by atoms with Gasteiger partial charge >= 0.3 is 5.97 Å². The number of aromatic hydroxyl groups is 1. The number of aromatic nitrogens is 2. The first-order valence-corrected chi connectivity index (χ1v) is 13.9. The van der Waals surface area contributed by atoms with Crippen molar-refractivity contribution in [3.05, 3.63) is 88.5 Å². The van der Waals surface area contributed by atoms with Gasteiger partial charge in [-0.3, -0.25) is 29.9 Å². The van der Waals surface area contributed by atoms with Crippen molar-refractivity contribution in [2.75, 3.05) is 0 Å². The SMILES string of the molecule is N=C1NC(c2ccc(O)cc2)(C2CCCCC2)C(=O)N1Cc1ccc(C(O)(O)O)c(C(=O)N2Cc3nccnc3C2)c1. The van der Waals surface area contributed by atoms with Crippen molar-refractivity contribution in [3.63, 3.8) is 0 Å². The number of guanidine groups is 1. The summed E-state index contributed by atoms with van der Waals surface area (Å²) < 4.78 is 0. The molecule has 2 aliphatic heterocycles. The molecule has 1 saturated carbocycles. The highest BCUT2D eigenvalue weighted by Gasteiger charge is 2.55. The number of phenols is 1. The van der Waals surface area contributed by atoms with Crippen LogP contribution in [-0.2, 0) is 35.9 Å². The fourth-order valence-electron chi connectivity index (χ4n) is 6.47. The van der Waals surface area contributed by atoms with Crippen molar-refractivity contribution >= 4 is 17.8 Å². The van der Waals surface area contributed by atoms with Gasteiger partial charge in [-0.2, -0.15) is 0 Å². The molecule has 0 radical (unpaired) electrons. The zero-order valence-corrected chi connectivity index (χ0v) is 22.8. The van der Waals surface area contributed by atoms with Crippen LogP contribution in [0.4, 0.5) is 0 Å². The van der Waals surface area contributed by atoms with Crippen molar-refractivity contribution < 1.29 is 30.0 Å². The molecule has 1 aromatic heterocycles. The van der Waals surface area contributed by atoms with Gasteiger partial charge in [0.15, 0.2) is 5.96 Å². The molecule has 42 heavy (non-hydrogen) atoms. The van der Waals surface area contributed by atoms with Crippen LogP contribution in [-0.4, -0.2) is 58.0 Å². The zero-order valence-electron chi connectivity index (χ0n) is 22.8. The number of nitrogens with zero attached hydrogens (tertiary/aromatic N) is 4.